The molecular weight excluding hydrogens is 466 g/mol. The second-order valence-electron chi connectivity index (χ2n) is 7.57. The molecule has 2 saturated heterocycles. The van der Waals surface area contributed by atoms with Gasteiger partial charge in [0.1, 0.15) is 0 Å². The number of hydrogen-bond acceptors (Lipinski definition) is 6. The van der Waals surface area contributed by atoms with Crippen LogP contribution in [0.2, 0.25) is 0 Å². The Labute approximate surface area is 184 Å². The van der Waals surface area contributed by atoms with Gasteiger partial charge in [-0.15, -0.1) is 0 Å². The number of aliphatic hydroxyl groups is 1. The second-order valence-corrected chi connectivity index (χ2v) is 7.57. The Balaban J connectivity index is 0.000000479. The molecule has 0 aromatic carbocycles. The number of rotatable bonds is 3. The zero-order chi connectivity index (χ0) is 24.9. The van der Waals surface area contributed by atoms with Gasteiger partial charge in [-0.1, -0.05) is 6.07 Å². The molecule has 14 heteroatoms. The van der Waals surface area contributed by atoms with E-state index < -0.39 is 37.1 Å². The van der Waals surface area contributed by atoms with Crippen molar-refractivity contribution in [1.29, 1.82) is 0 Å². The summed E-state index contributed by atoms with van der Waals surface area (Å²) in [6, 6.07) is 3.87. The van der Waals surface area contributed by atoms with E-state index in [0.29, 0.717) is 19.4 Å². The molecule has 2 aliphatic rings. The van der Waals surface area contributed by atoms with Crippen LogP contribution in [-0.2, 0) is 14.3 Å². The largest absolute Gasteiger partial charge is 0.490 e. The summed E-state index contributed by atoms with van der Waals surface area (Å²) >= 11 is 0. The number of likely N-dealkylation sites (tertiary alicyclic amines) is 1. The van der Waals surface area contributed by atoms with E-state index in [1.54, 1.807) is 6.20 Å². The molecule has 3 rings (SSSR count). The number of ether oxygens (including phenoxy) is 2. The van der Waals surface area contributed by atoms with Crippen molar-refractivity contribution in [3.05, 3.63) is 30.1 Å². The Kier molecular flexibility index (Phi) is 8.52. The topological polar surface area (TPSA) is 109 Å². The number of carbonyl (C=O) groups excluding carboxylic acids is 1. The highest BCUT2D eigenvalue weighted by Gasteiger charge is 2.46. The summed E-state index contributed by atoms with van der Waals surface area (Å²) in [7, 11) is 0. The molecule has 3 heterocycles. The summed E-state index contributed by atoms with van der Waals surface area (Å²) in [5.41, 5.74) is 0.736. The van der Waals surface area contributed by atoms with Crippen molar-refractivity contribution in [2.45, 2.75) is 49.2 Å². The first-order valence-corrected chi connectivity index (χ1v) is 9.74. The number of nitrogens with zero attached hydrogens (tertiary/aromatic N) is 2. The molecule has 1 spiro atoms. The van der Waals surface area contributed by atoms with E-state index >= 15 is 0 Å². The number of carbonyl (C=O) groups is 2. The smallest absolute Gasteiger partial charge is 0.475 e. The third-order valence-corrected chi connectivity index (χ3v) is 5.31. The third kappa shape index (κ3) is 7.45. The number of aliphatic hydroxyl groups excluding tert-OH is 1. The van der Waals surface area contributed by atoms with E-state index in [9.17, 15) is 31.1 Å². The van der Waals surface area contributed by atoms with Gasteiger partial charge in [-0.3, -0.25) is 4.98 Å². The van der Waals surface area contributed by atoms with Gasteiger partial charge in [-0.05, 0) is 30.9 Å². The fraction of sp³-hybridized carbons (Fsp3) is 0.632. The number of aliphatic carboxylic acids is 1. The van der Waals surface area contributed by atoms with Crippen molar-refractivity contribution < 1.29 is 55.6 Å². The maximum Gasteiger partial charge on any atom is 0.490 e. The minimum Gasteiger partial charge on any atom is -0.475 e. The molecule has 1 aromatic rings. The van der Waals surface area contributed by atoms with E-state index in [1.165, 1.54) is 4.90 Å². The lowest BCUT2D eigenvalue weighted by atomic mass is 9.83. The first kappa shape index (κ1) is 26.6. The molecule has 33 heavy (non-hydrogen) atoms. The van der Waals surface area contributed by atoms with Crippen molar-refractivity contribution in [1.82, 2.24) is 9.88 Å². The van der Waals surface area contributed by atoms with E-state index in [2.05, 4.69) is 9.72 Å². The molecule has 2 atom stereocenters. The average Bonchev–Trinajstić information content (AvgIpc) is 3.15. The number of alkyl halides is 6. The molecule has 186 valence electrons. The Bertz CT molecular complexity index is 796. The maximum absolute atomic E-state index is 12.6. The number of hydrogen-bond donors (Lipinski definition) is 2. The molecule has 0 aliphatic carbocycles. The highest BCUT2D eigenvalue weighted by molar-refractivity contribution is 5.73. The zero-order valence-electron chi connectivity index (χ0n) is 17.1. The van der Waals surface area contributed by atoms with E-state index in [4.69, 9.17) is 19.7 Å². The van der Waals surface area contributed by atoms with Crippen LogP contribution in [0.25, 0.3) is 0 Å². The van der Waals surface area contributed by atoms with Gasteiger partial charge in [-0.25, -0.2) is 9.59 Å². The molecule has 8 nitrogen and oxygen atoms in total. The van der Waals surface area contributed by atoms with Crippen LogP contribution in [0.1, 0.15) is 30.7 Å². The number of aromatic nitrogens is 1. The third-order valence-electron chi connectivity index (χ3n) is 5.31. The lowest BCUT2D eigenvalue weighted by Gasteiger charge is -2.38. The van der Waals surface area contributed by atoms with Crippen molar-refractivity contribution >= 4 is 12.1 Å². The van der Waals surface area contributed by atoms with Gasteiger partial charge in [-0.2, -0.15) is 26.3 Å². The van der Waals surface area contributed by atoms with Gasteiger partial charge in [0, 0.05) is 31.4 Å². The van der Waals surface area contributed by atoms with Crippen LogP contribution in [0.4, 0.5) is 31.1 Å². The Hall–Kier alpha value is -2.61. The van der Waals surface area contributed by atoms with Gasteiger partial charge >= 0.3 is 24.4 Å². The summed E-state index contributed by atoms with van der Waals surface area (Å²) in [4.78, 5) is 26.2. The number of piperidine rings is 1. The highest BCUT2D eigenvalue weighted by Crippen LogP contribution is 2.42. The van der Waals surface area contributed by atoms with Crippen molar-refractivity contribution in [3.8, 4) is 0 Å². The SMILES string of the molecule is O=C(O)C(F)(F)F.O=C(O[C@H](CO)C(F)(F)F)N1CCC2(CC1)CC(c1cccnc1)CO2. The molecule has 1 aromatic heterocycles. The first-order valence-electron chi connectivity index (χ1n) is 9.74. The predicted molar refractivity (Wildman–Crippen MR) is 98.2 cm³/mol. The molecule has 1 unspecified atom stereocenters. The van der Waals surface area contributed by atoms with Crippen molar-refractivity contribution in [2.75, 3.05) is 26.3 Å². The predicted octanol–water partition coefficient (Wildman–Crippen LogP) is 3.11. The lowest BCUT2D eigenvalue weighted by molar-refractivity contribution is -0.215. The number of amides is 1. The maximum atomic E-state index is 12.6. The van der Waals surface area contributed by atoms with Gasteiger partial charge in [0.25, 0.3) is 0 Å². The minimum atomic E-state index is -5.08. The van der Waals surface area contributed by atoms with Gasteiger partial charge in [0.05, 0.1) is 18.8 Å². The fourth-order valence-corrected chi connectivity index (χ4v) is 3.52. The molecule has 1 amide bonds. The van der Waals surface area contributed by atoms with Crippen molar-refractivity contribution in [2.24, 2.45) is 0 Å². The van der Waals surface area contributed by atoms with Gasteiger partial charge in [0.15, 0.2) is 0 Å². The fourth-order valence-electron chi connectivity index (χ4n) is 3.52. The highest BCUT2D eigenvalue weighted by atomic mass is 19.4. The lowest BCUT2D eigenvalue weighted by Crippen LogP contribution is -2.48. The van der Waals surface area contributed by atoms with Crippen LogP contribution in [0, 0.1) is 0 Å². The number of carboxylic acid groups (broad SMARTS) is 1. The zero-order valence-corrected chi connectivity index (χ0v) is 17.1. The molecule has 2 N–H and O–H groups in total. The summed E-state index contributed by atoms with van der Waals surface area (Å²) < 4.78 is 80.0. The van der Waals surface area contributed by atoms with Crippen LogP contribution in [0.3, 0.4) is 0 Å². The molecule has 0 bridgehead atoms. The molecule has 2 fully saturated rings. The van der Waals surface area contributed by atoms with Gasteiger partial charge < -0.3 is 24.6 Å². The molecule has 0 radical (unpaired) electrons. The van der Waals surface area contributed by atoms with Crippen LogP contribution in [0.5, 0.6) is 0 Å². The standard InChI is InChI=1S/C17H21F3N2O4.C2HF3O2/c18-17(19,20)14(10-23)26-15(24)22-6-3-16(4-7-22)8-13(11-25-16)12-2-1-5-21-9-12;3-2(4,5)1(6)7/h1-2,5,9,13-14,23H,3-4,6-8,10-11H2;(H,6,7)/t13?,14-;/m1./s1. The first-order chi connectivity index (χ1) is 15.3. The van der Waals surface area contributed by atoms with E-state index in [1.807, 2.05) is 18.3 Å². The van der Waals surface area contributed by atoms with Crippen LogP contribution < -0.4 is 0 Å². The molecular formula is C19H22F6N2O6. The van der Waals surface area contributed by atoms with Crippen molar-refractivity contribution in [3.63, 3.8) is 0 Å². The Morgan fingerprint density at radius 2 is 1.85 bits per heavy atom. The van der Waals surface area contributed by atoms with Crippen LogP contribution >= 0.6 is 0 Å². The summed E-state index contributed by atoms with van der Waals surface area (Å²) in [6.45, 7) is -0.205. The summed E-state index contributed by atoms with van der Waals surface area (Å²) in [5, 5.41) is 15.9. The average molecular weight is 488 g/mol. The van der Waals surface area contributed by atoms with Gasteiger partial charge in [0.2, 0.25) is 6.10 Å². The van der Waals surface area contributed by atoms with E-state index in [-0.39, 0.29) is 24.6 Å². The summed E-state index contributed by atoms with van der Waals surface area (Å²) in [6.07, 6.45) is -8.04. The van der Waals surface area contributed by atoms with Crippen LogP contribution in [0.15, 0.2) is 24.5 Å². The quantitative estimate of drug-likeness (QED) is 0.630. The number of halogens is 6. The normalized spacial score (nSPS) is 21.2. The monoisotopic (exact) mass is 488 g/mol. The minimum absolute atomic E-state index is 0.228. The Morgan fingerprint density at radius 3 is 2.30 bits per heavy atom. The molecule has 0 saturated carbocycles. The van der Waals surface area contributed by atoms with E-state index in [0.717, 1.165) is 12.0 Å². The van der Waals surface area contributed by atoms with Crippen LogP contribution in [-0.4, -0.2) is 82.5 Å². The number of carboxylic acids is 1. The summed E-state index contributed by atoms with van der Waals surface area (Å²) in [5.74, 6) is -2.53. The molecule has 2 aliphatic heterocycles. The number of pyridine rings is 1. The second kappa shape index (κ2) is 10.5. The Morgan fingerprint density at radius 1 is 1.24 bits per heavy atom.